The molecule has 0 radical (unpaired) electrons. The molecule has 0 aromatic rings. The Morgan fingerprint density at radius 1 is 0.462 bits per heavy atom. The summed E-state index contributed by atoms with van der Waals surface area (Å²) >= 11 is 19.7. The molecule has 13 nitrogen and oxygen atoms in total. The maximum absolute atomic E-state index is 13.4. The first kappa shape index (κ1) is 52.1. The van der Waals surface area contributed by atoms with Crippen LogP contribution >= 0.6 is 95.6 Å². The summed E-state index contributed by atoms with van der Waals surface area (Å²) in [6.07, 6.45) is -1.43. The van der Waals surface area contributed by atoms with E-state index in [2.05, 4.69) is 95.6 Å². The highest BCUT2D eigenvalue weighted by Gasteiger charge is 2.46. The largest absolute Gasteiger partial charge is 0.464 e. The molecule has 0 aromatic carbocycles. The average molecular weight is 1140 g/mol. The monoisotopic (exact) mass is 1130 g/mol. The molecule has 0 rings (SSSR count). The second-order valence-electron chi connectivity index (χ2n) is 15.5. The first-order valence-corrected chi connectivity index (χ1v) is 20.7. The number of ether oxygens (including phenoxy) is 7. The van der Waals surface area contributed by atoms with E-state index in [1.807, 2.05) is 0 Å². The minimum atomic E-state index is -1.89. The summed E-state index contributed by atoms with van der Waals surface area (Å²) in [5.74, 6) is -3.53. The highest BCUT2D eigenvalue weighted by molar-refractivity contribution is 9.11. The van der Waals surface area contributed by atoms with Gasteiger partial charge in [-0.3, -0.25) is 24.0 Å². The predicted molar refractivity (Wildman–Crippen MR) is 216 cm³/mol. The van der Waals surface area contributed by atoms with Crippen molar-refractivity contribution in [1.82, 2.24) is 0 Å². The molecule has 0 spiro atoms. The summed E-state index contributed by atoms with van der Waals surface area (Å²) in [6, 6.07) is 0. The molecular weight excluding hydrogens is 1080 g/mol. The van der Waals surface area contributed by atoms with Crippen LogP contribution in [0.25, 0.3) is 0 Å². The van der Waals surface area contributed by atoms with E-state index in [0.29, 0.717) is 0 Å². The minimum absolute atomic E-state index is 0.434. The zero-order chi connectivity index (χ0) is 41.4. The van der Waals surface area contributed by atoms with Gasteiger partial charge >= 0.3 is 29.8 Å². The number of hydrogen-bond donors (Lipinski definition) is 1. The van der Waals surface area contributed by atoms with Crippen molar-refractivity contribution < 1.29 is 62.2 Å². The lowest BCUT2D eigenvalue weighted by atomic mass is 9.91. The number of rotatable bonds is 22. The van der Waals surface area contributed by atoms with Gasteiger partial charge in [0.2, 0.25) is 0 Å². The van der Waals surface area contributed by atoms with E-state index in [1.54, 1.807) is 69.2 Å². The fraction of sp³-hybridized carbons (Fsp3) is 0.848. The zero-order valence-electron chi connectivity index (χ0n) is 31.6. The molecule has 0 aromatic heterocycles. The molecule has 0 saturated carbocycles. The average Bonchev–Trinajstić information content (AvgIpc) is 2.95. The molecule has 0 heterocycles. The summed E-state index contributed by atoms with van der Waals surface area (Å²) in [7, 11) is 0. The Morgan fingerprint density at radius 3 is 1.06 bits per heavy atom. The van der Waals surface area contributed by atoms with Crippen LogP contribution in [0.5, 0.6) is 0 Å². The predicted octanol–water partition coefficient (Wildman–Crippen LogP) is 6.82. The van der Waals surface area contributed by atoms with Gasteiger partial charge in [-0.1, -0.05) is 95.6 Å². The molecule has 0 aliphatic carbocycles. The quantitative estimate of drug-likeness (QED) is 0.0519. The highest BCUT2D eigenvalue weighted by Crippen LogP contribution is 2.31. The van der Waals surface area contributed by atoms with Crippen molar-refractivity contribution in [2.45, 2.75) is 121 Å². The van der Waals surface area contributed by atoms with Crippen LogP contribution in [0.4, 0.5) is 0 Å². The van der Waals surface area contributed by atoms with Crippen molar-refractivity contribution in [2.24, 2.45) is 5.41 Å². The van der Waals surface area contributed by atoms with Gasteiger partial charge in [-0.05, 0) is 83.1 Å². The van der Waals surface area contributed by atoms with Gasteiger partial charge in [-0.15, -0.1) is 0 Å². The molecular formula is C33H52Br6O13. The third kappa shape index (κ3) is 19.3. The van der Waals surface area contributed by atoms with Gasteiger partial charge in [0.25, 0.3) is 0 Å². The Kier molecular flexibility index (Phi) is 20.0. The third-order valence-corrected chi connectivity index (χ3v) is 8.61. The summed E-state index contributed by atoms with van der Waals surface area (Å²) in [4.78, 5) is 65.0. The summed E-state index contributed by atoms with van der Waals surface area (Å²) in [5, 5.41) is 10.7. The van der Waals surface area contributed by atoms with Gasteiger partial charge < -0.3 is 38.3 Å². The van der Waals surface area contributed by atoms with Gasteiger partial charge in [0.15, 0.2) is 11.9 Å². The van der Waals surface area contributed by atoms with Crippen molar-refractivity contribution >= 4 is 125 Å². The van der Waals surface area contributed by atoms with E-state index in [4.69, 9.17) is 33.2 Å². The summed E-state index contributed by atoms with van der Waals surface area (Å²) < 4.78 is 33.7. The molecule has 0 saturated heterocycles. The molecule has 2 unspecified atom stereocenters. The van der Waals surface area contributed by atoms with Crippen LogP contribution in [0, 0.1) is 5.41 Å². The topological polar surface area (TPSA) is 170 Å². The molecule has 0 aliphatic heterocycles. The maximum Gasteiger partial charge on any atom is 0.323 e. The van der Waals surface area contributed by atoms with Crippen molar-refractivity contribution in [3.63, 3.8) is 0 Å². The Bertz CT molecular complexity index is 1160. The molecule has 0 aliphatic rings. The maximum atomic E-state index is 13.4. The second kappa shape index (κ2) is 20.0. The van der Waals surface area contributed by atoms with E-state index in [9.17, 15) is 29.1 Å². The van der Waals surface area contributed by atoms with Crippen LogP contribution < -0.4 is 0 Å². The van der Waals surface area contributed by atoms with Crippen molar-refractivity contribution in [3.8, 4) is 0 Å². The number of halogens is 6. The highest BCUT2D eigenvalue weighted by atomic mass is 79.9. The number of hydrogen-bond acceptors (Lipinski definition) is 13. The Morgan fingerprint density at radius 2 is 0.769 bits per heavy atom. The molecule has 1 N–H and O–H groups in total. The number of carbonyl (C=O) groups is 5. The van der Waals surface area contributed by atoms with Gasteiger partial charge in [0.1, 0.15) is 48.0 Å². The van der Waals surface area contributed by atoms with E-state index in [-0.39, 0.29) is 0 Å². The van der Waals surface area contributed by atoms with Crippen LogP contribution in [-0.4, -0.2) is 119 Å². The van der Waals surface area contributed by atoms with Crippen molar-refractivity contribution in [2.75, 3.05) is 46.2 Å². The normalized spacial score (nSPS) is 15.2. The lowest BCUT2D eigenvalue weighted by Gasteiger charge is -2.38. The number of aliphatic hydroxyl groups is 1. The first-order valence-electron chi connectivity index (χ1n) is 15.9. The SMILES string of the molecule is CC(C)(Br)C(=O)OCC(COCC(COC(=O)C(C)(C)Br)(COC(O)C(C)(C)Br)OC(=O)C(C)(C)Br)(COC(=O)C(C)(C)Br)COC(=O)C(C)(C)Br. The number of esters is 5. The number of carbonyl (C=O) groups excluding carboxylic acids is 5. The lowest BCUT2D eigenvalue weighted by molar-refractivity contribution is -0.217. The van der Waals surface area contributed by atoms with Crippen LogP contribution in [0.3, 0.4) is 0 Å². The molecule has 0 fully saturated rings. The van der Waals surface area contributed by atoms with Gasteiger partial charge in [0, 0.05) is 0 Å². The minimum Gasteiger partial charge on any atom is -0.464 e. The van der Waals surface area contributed by atoms with Gasteiger partial charge in [-0.2, -0.15) is 0 Å². The molecule has 19 heteroatoms. The van der Waals surface area contributed by atoms with Crippen LogP contribution in [-0.2, 0) is 57.1 Å². The summed E-state index contributed by atoms with van der Waals surface area (Å²) in [5.41, 5.74) is -3.43. The Hall–Kier alpha value is 0.110. The van der Waals surface area contributed by atoms with Crippen molar-refractivity contribution in [3.05, 3.63) is 0 Å². The lowest BCUT2D eigenvalue weighted by Crippen LogP contribution is -2.54. The van der Waals surface area contributed by atoms with E-state index >= 15 is 0 Å². The van der Waals surface area contributed by atoms with E-state index in [0.717, 1.165) is 0 Å². The van der Waals surface area contributed by atoms with E-state index in [1.165, 1.54) is 13.8 Å². The standard InChI is InChI=1S/C33H52Br6O13/c1-26(2,34)20(40)47-14-32(15-48-21(41)27(3,4)35,16-49-22(42)28(5,6)36)13-46-17-33(52-25(45)31(11,12)39,18-50-23(43)29(7,8)37)19-51-24(44)30(9,10)38/h23,43H,13-19H2,1-12H3. The fourth-order valence-electron chi connectivity index (χ4n) is 3.20. The zero-order valence-corrected chi connectivity index (χ0v) is 41.2. The molecule has 0 bridgehead atoms. The molecule has 52 heavy (non-hydrogen) atoms. The van der Waals surface area contributed by atoms with Crippen LogP contribution in [0.15, 0.2) is 0 Å². The van der Waals surface area contributed by atoms with Gasteiger partial charge in [-0.25, -0.2) is 0 Å². The Labute approximate surface area is 357 Å². The first-order chi connectivity index (χ1) is 23.0. The fourth-order valence-corrected chi connectivity index (χ4v) is 3.87. The molecule has 0 amide bonds. The number of aliphatic hydroxyl groups excluding tert-OH is 1. The summed E-state index contributed by atoms with van der Waals surface area (Å²) in [6.45, 7) is 15.4. The van der Waals surface area contributed by atoms with Crippen LogP contribution in [0.2, 0.25) is 0 Å². The van der Waals surface area contributed by atoms with Gasteiger partial charge in [0.05, 0.1) is 29.6 Å². The van der Waals surface area contributed by atoms with Crippen molar-refractivity contribution in [1.29, 1.82) is 0 Å². The number of alkyl halides is 6. The molecule has 2 atom stereocenters. The third-order valence-electron chi connectivity index (χ3n) is 6.60. The second-order valence-corrected chi connectivity index (χ2v) is 27.4. The smallest absolute Gasteiger partial charge is 0.323 e. The Balaban J connectivity index is 7.13. The molecule has 304 valence electrons. The van der Waals surface area contributed by atoms with Crippen LogP contribution in [0.1, 0.15) is 83.1 Å². The van der Waals surface area contributed by atoms with E-state index < -0.39 is 119 Å².